The van der Waals surface area contributed by atoms with Crippen LogP contribution in [0.15, 0.2) is 0 Å². The normalized spacial score (nSPS) is 28.7. The van der Waals surface area contributed by atoms with Gasteiger partial charge in [0, 0.05) is 19.5 Å². The van der Waals surface area contributed by atoms with Gasteiger partial charge in [-0.25, -0.2) is 12.7 Å². The first-order valence-electron chi connectivity index (χ1n) is 6.58. The summed E-state index contributed by atoms with van der Waals surface area (Å²) in [5.74, 6) is 0.260. The molecular weight excluding hydrogens is 252 g/mol. The van der Waals surface area contributed by atoms with Crippen LogP contribution in [0.5, 0.6) is 0 Å². The summed E-state index contributed by atoms with van der Waals surface area (Å²) in [6.07, 6.45) is 6.03. The van der Waals surface area contributed by atoms with Gasteiger partial charge in [0.05, 0.1) is 11.8 Å². The number of carbonyl (C=O) groups is 1. The van der Waals surface area contributed by atoms with E-state index < -0.39 is 15.6 Å². The fraction of sp³-hybridized carbons (Fsp3) is 0.917. The van der Waals surface area contributed by atoms with Crippen LogP contribution >= 0.6 is 0 Å². The highest BCUT2D eigenvalue weighted by Gasteiger charge is 2.41. The number of nitrogens with zero attached hydrogens (tertiary/aromatic N) is 1. The van der Waals surface area contributed by atoms with Crippen molar-refractivity contribution in [3.63, 3.8) is 0 Å². The average molecular weight is 274 g/mol. The highest BCUT2D eigenvalue weighted by Crippen LogP contribution is 2.33. The number of hydrogen-bond donors (Lipinski definition) is 1. The predicted octanol–water partition coefficient (Wildman–Crippen LogP) is 0.499. The fourth-order valence-electron chi connectivity index (χ4n) is 2.80. The van der Waals surface area contributed by atoms with E-state index in [1.165, 1.54) is 10.6 Å². The Hall–Kier alpha value is -0.460. The molecule has 1 unspecified atom stereocenters. The molecular formula is C12H22N2O3S. The minimum atomic E-state index is -3.13. The molecule has 2 aliphatic rings. The fourth-order valence-corrected chi connectivity index (χ4v) is 3.74. The van der Waals surface area contributed by atoms with E-state index >= 15 is 0 Å². The van der Waals surface area contributed by atoms with Gasteiger partial charge in [-0.1, -0.05) is 0 Å². The molecule has 2 rings (SSSR count). The zero-order chi connectivity index (χ0) is 13.4. The van der Waals surface area contributed by atoms with Crippen LogP contribution in [0.25, 0.3) is 0 Å². The van der Waals surface area contributed by atoms with Crippen LogP contribution in [0.2, 0.25) is 0 Å². The Kier molecular flexibility index (Phi) is 3.80. The van der Waals surface area contributed by atoms with Crippen molar-refractivity contribution in [2.75, 3.05) is 19.3 Å². The van der Waals surface area contributed by atoms with Gasteiger partial charge < -0.3 is 5.73 Å². The minimum Gasteiger partial charge on any atom is -0.319 e. The van der Waals surface area contributed by atoms with Crippen molar-refractivity contribution >= 4 is 15.8 Å². The van der Waals surface area contributed by atoms with Crippen molar-refractivity contribution in [2.24, 2.45) is 11.7 Å². The van der Waals surface area contributed by atoms with Crippen molar-refractivity contribution in [1.82, 2.24) is 4.31 Å². The number of rotatable bonds is 4. The summed E-state index contributed by atoms with van der Waals surface area (Å²) in [5, 5.41) is 0. The monoisotopic (exact) mass is 274 g/mol. The Balaban J connectivity index is 1.92. The summed E-state index contributed by atoms with van der Waals surface area (Å²) in [4.78, 5) is 12.1. The van der Waals surface area contributed by atoms with Crippen molar-refractivity contribution in [1.29, 1.82) is 0 Å². The first kappa shape index (κ1) is 14.0. The number of carbonyl (C=O) groups excluding carboxylic acids is 1. The first-order chi connectivity index (χ1) is 8.31. The molecule has 2 fully saturated rings. The van der Waals surface area contributed by atoms with E-state index in [1.807, 2.05) is 0 Å². The molecule has 1 heterocycles. The Morgan fingerprint density at radius 1 is 1.39 bits per heavy atom. The summed E-state index contributed by atoms with van der Waals surface area (Å²) in [7, 11) is -3.13. The Bertz CT molecular complexity index is 429. The predicted molar refractivity (Wildman–Crippen MR) is 69.5 cm³/mol. The van der Waals surface area contributed by atoms with E-state index in [0.29, 0.717) is 19.5 Å². The quantitative estimate of drug-likeness (QED) is 0.809. The molecule has 0 spiro atoms. The van der Waals surface area contributed by atoms with Gasteiger partial charge in [-0.2, -0.15) is 0 Å². The second-order valence-electron chi connectivity index (χ2n) is 5.77. The summed E-state index contributed by atoms with van der Waals surface area (Å²) in [6.45, 7) is 1.05. The third-order valence-electron chi connectivity index (χ3n) is 4.23. The van der Waals surface area contributed by atoms with Crippen molar-refractivity contribution in [2.45, 2.75) is 44.1 Å². The molecule has 0 bridgehead atoms. The van der Waals surface area contributed by atoms with E-state index in [-0.39, 0.29) is 11.7 Å². The largest absolute Gasteiger partial charge is 0.319 e. The molecule has 2 N–H and O–H groups in total. The van der Waals surface area contributed by atoms with Gasteiger partial charge in [-0.15, -0.1) is 0 Å². The van der Waals surface area contributed by atoms with Crippen LogP contribution in [0.4, 0.5) is 0 Å². The number of ketones is 1. The summed E-state index contributed by atoms with van der Waals surface area (Å²) in [6, 6.07) is 0. The second kappa shape index (κ2) is 4.90. The Morgan fingerprint density at radius 3 is 2.56 bits per heavy atom. The van der Waals surface area contributed by atoms with Gasteiger partial charge in [-0.05, 0) is 38.0 Å². The Morgan fingerprint density at radius 2 is 2.06 bits per heavy atom. The van der Waals surface area contributed by atoms with E-state index in [0.717, 1.165) is 32.1 Å². The van der Waals surface area contributed by atoms with E-state index in [4.69, 9.17) is 5.73 Å². The number of sulfonamides is 1. The highest BCUT2D eigenvalue weighted by molar-refractivity contribution is 7.88. The molecule has 0 amide bonds. The van der Waals surface area contributed by atoms with E-state index in [9.17, 15) is 13.2 Å². The van der Waals surface area contributed by atoms with Gasteiger partial charge in [0.1, 0.15) is 0 Å². The molecule has 0 aromatic heterocycles. The highest BCUT2D eigenvalue weighted by atomic mass is 32.2. The average Bonchev–Trinajstić information content (AvgIpc) is 2.25. The molecule has 1 saturated carbocycles. The first-order valence-corrected chi connectivity index (χ1v) is 8.43. The van der Waals surface area contributed by atoms with Crippen LogP contribution < -0.4 is 5.73 Å². The van der Waals surface area contributed by atoms with E-state index in [1.54, 1.807) is 0 Å². The van der Waals surface area contributed by atoms with Crippen LogP contribution in [0.3, 0.4) is 0 Å². The SMILES string of the molecule is CS(=O)(=O)N1CCCC(CC(=O)C2(N)CCC2)C1. The zero-order valence-electron chi connectivity index (χ0n) is 10.9. The van der Waals surface area contributed by atoms with Gasteiger partial charge in [-0.3, -0.25) is 4.79 Å². The molecule has 1 aliphatic heterocycles. The van der Waals surface area contributed by atoms with Crippen molar-refractivity contribution in [3.05, 3.63) is 0 Å². The Labute approximate surface area is 109 Å². The third-order valence-corrected chi connectivity index (χ3v) is 5.50. The van der Waals surface area contributed by atoms with Crippen LogP contribution in [-0.4, -0.2) is 43.4 Å². The molecule has 1 atom stereocenters. The summed E-state index contributed by atoms with van der Waals surface area (Å²) in [5.41, 5.74) is 5.40. The maximum Gasteiger partial charge on any atom is 0.211 e. The zero-order valence-corrected chi connectivity index (χ0v) is 11.7. The van der Waals surface area contributed by atoms with Gasteiger partial charge in [0.2, 0.25) is 10.0 Å². The lowest BCUT2D eigenvalue weighted by Crippen LogP contribution is -2.54. The maximum absolute atomic E-state index is 12.1. The van der Waals surface area contributed by atoms with Crippen LogP contribution in [-0.2, 0) is 14.8 Å². The topological polar surface area (TPSA) is 80.5 Å². The lowest BCUT2D eigenvalue weighted by molar-refractivity contribution is -0.128. The summed E-state index contributed by atoms with van der Waals surface area (Å²) < 4.78 is 24.5. The molecule has 1 saturated heterocycles. The molecule has 5 nitrogen and oxygen atoms in total. The molecule has 0 aromatic rings. The molecule has 18 heavy (non-hydrogen) atoms. The number of piperidine rings is 1. The minimum absolute atomic E-state index is 0.120. The lowest BCUT2D eigenvalue weighted by Gasteiger charge is -2.38. The molecule has 1 aliphatic carbocycles. The van der Waals surface area contributed by atoms with Crippen molar-refractivity contribution in [3.8, 4) is 0 Å². The standard InChI is InChI=1S/C12H22N2O3S/c1-18(16,17)14-7-2-4-10(9-14)8-11(15)12(13)5-3-6-12/h10H,2-9,13H2,1H3. The lowest BCUT2D eigenvalue weighted by atomic mass is 9.72. The molecule has 0 radical (unpaired) electrons. The van der Waals surface area contributed by atoms with Gasteiger partial charge >= 0.3 is 0 Å². The number of hydrogen-bond acceptors (Lipinski definition) is 4. The van der Waals surface area contributed by atoms with E-state index in [2.05, 4.69) is 0 Å². The van der Waals surface area contributed by atoms with Crippen LogP contribution in [0.1, 0.15) is 38.5 Å². The van der Waals surface area contributed by atoms with Crippen molar-refractivity contribution < 1.29 is 13.2 Å². The van der Waals surface area contributed by atoms with Crippen LogP contribution in [0, 0.1) is 5.92 Å². The molecule has 6 heteroatoms. The smallest absolute Gasteiger partial charge is 0.211 e. The van der Waals surface area contributed by atoms with Gasteiger partial charge in [0.25, 0.3) is 0 Å². The maximum atomic E-state index is 12.1. The third kappa shape index (κ3) is 2.92. The molecule has 104 valence electrons. The number of nitrogens with two attached hydrogens (primary N) is 1. The van der Waals surface area contributed by atoms with Gasteiger partial charge in [0.15, 0.2) is 5.78 Å². The second-order valence-corrected chi connectivity index (χ2v) is 7.75. The number of Topliss-reactive ketones (excluding diaryl/α,β-unsaturated/α-hetero) is 1. The summed E-state index contributed by atoms with van der Waals surface area (Å²) >= 11 is 0. The molecule has 0 aromatic carbocycles.